The Morgan fingerprint density at radius 3 is 1.56 bits per heavy atom. The summed E-state index contributed by atoms with van der Waals surface area (Å²) in [6.07, 6.45) is -5.08. The molecule has 1 aliphatic rings. The van der Waals surface area contributed by atoms with Crippen molar-refractivity contribution in [2.75, 3.05) is 0 Å². The van der Waals surface area contributed by atoms with E-state index in [1.165, 1.54) is 0 Å². The monoisotopic (exact) mass is 591 g/mol. The Hall–Kier alpha value is -3.76. The molecule has 0 aliphatic heterocycles. The smallest absolute Gasteiger partial charge is 0.407 e. The molecule has 43 heavy (non-hydrogen) atoms. The number of alkyl carbamates (subject to hydrolysis) is 1. The molecule has 0 saturated heterocycles. The maximum absolute atomic E-state index is 13.1. The number of carbonyl (C=O) groups excluding carboxylic acids is 1. The topological polar surface area (TPSA) is 124 Å². The quantitative estimate of drug-likeness (QED) is 0.251. The number of aliphatic carboxylic acids is 1. The third kappa shape index (κ3) is 9.62. The molecule has 0 heterocycles. The second kappa shape index (κ2) is 15.1. The fraction of sp³-hybridized carbons (Fsp3) is 0.412. The second-order valence-corrected chi connectivity index (χ2v) is 11.7. The summed E-state index contributed by atoms with van der Waals surface area (Å²) in [5, 5.41) is 23.8. The Kier molecular flexibility index (Phi) is 11.3. The van der Waals surface area contributed by atoms with Gasteiger partial charge in [-0.3, -0.25) is 4.79 Å². The molecule has 3 aromatic rings. The molecule has 0 radical (unpaired) electrons. The van der Waals surface area contributed by atoms with Gasteiger partial charge >= 0.3 is 12.1 Å². The molecule has 1 amide bonds. The van der Waals surface area contributed by atoms with E-state index in [0.717, 1.165) is 16.7 Å². The number of rotatable bonds is 13. The van der Waals surface area contributed by atoms with Gasteiger partial charge in [-0.25, -0.2) is 4.79 Å². The largest absolute Gasteiger partial charge is 0.481 e. The number of carboxylic acid groups (broad SMARTS) is 1. The zero-order valence-corrected chi connectivity index (χ0v) is 24.8. The highest BCUT2D eigenvalue weighted by molar-refractivity contribution is 5.69. The average Bonchev–Trinajstić information content (AvgIpc) is 3.25. The normalized spacial score (nSPS) is 22.6. The first-order valence-electron chi connectivity index (χ1n) is 14.5. The van der Waals surface area contributed by atoms with Crippen molar-refractivity contribution in [1.82, 2.24) is 5.32 Å². The molecule has 6 atom stereocenters. The van der Waals surface area contributed by atoms with E-state index in [-0.39, 0.29) is 19.8 Å². The predicted octanol–water partition coefficient (Wildman–Crippen LogP) is 5.10. The fourth-order valence-electron chi connectivity index (χ4n) is 5.32. The molecule has 9 heteroatoms. The molecule has 3 aromatic carbocycles. The Balaban J connectivity index is 1.72. The molecule has 230 valence electrons. The van der Waals surface area contributed by atoms with Gasteiger partial charge < -0.3 is 34.5 Å². The maximum atomic E-state index is 13.1. The summed E-state index contributed by atoms with van der Waals surface area (Å²) in [7, 11) is 0. The number of hydrogen-bond donors (Lipinski definition) is 3. The molecular formula is C34H41NO8. The Labute approximate surface area is 252 Å². The highest BCUT2D eigenvalue weighted by Crippen LogP contribution is 2.39. The van der Waals surface area contributed by atoms with Crippen molar-refractivity contribution in [1.29, 1.82) is 0 Å². The zero-order valence-electron chi connectivity index (χ0n) is 24.8. The lowest BCUT2D eigenvalue weighted by molar-refractivity contribution is -0.144. The van der Waals surface area contributed by atoms with Crippen molar-refractivity contribution >= 4 is 12.1 Å². The minimum atomic E-state index is -1.38. The van der Waals surface area contributed by atoms with Crippen LogP contribution in [0.3, 0.4) is 0 Å². The van der Waals surface area contributed by atoms with Crippen molar-refractivity contribution < 1.29 is 38.7 Å². The van der Waals surface area contributed by atoms with Crippen molar-refractivity contribution in [2.24, 2.45) is 5.92 Å². The van der Waals surface area contributed by atoms with Gasteiger partial charge in [-0.1, -0.05) is 91.0 Å². The molecule has 9 nitrogen and oxygen atoms in total. The van der Waals surface area contributed by atoms with Crippen molar-refractivity contribution in [3.63, 3.8) is 0 Å². The van der Waals surface area contributed by atoms with Gasteiger partial charge in [0, 0.05) is 5.92 Å². The SMILES string of the molecule is CC(C)(C)OC(=O)N[C@@H]1[C@@H](OCc2ccccc2)[C@@H](OCc2ccccc2)[C@H](OCc2ccccc2)[C@H]1C(O)CC(=O)O. The van der Waals surface area contributed by atoms with Crippen molar-refractivity contribution in [3.8, 4) is 0 Å². The molecule has 0 bridgehead atoms. The van der Waals surface area contributed by atoms with Gasteiger partial charge in [0.2, 0.25) is 0 Å². The molecule has 1 fully saturated rings. The van der Waals surface area contributed by atoms with Crippen LogP contribution in [0.25, 0.3) is 0 Å². The highest BCUT2D eigenvalue weighted by Gasteiger charge is 2.56. The van der Waals surface area contributed by atoms with Crippen LogP contribution in [-0.2, 0) is 43.6 Å². The molecule has 3 N–H and O–H groups in total. The van der Waals surface area contributed by atoms with E-state index in [9.17, 15) is 19.8 Å². The molecule has 0 spiro atoms. The number of hydrogen-bond acceptors (Lipinski definition) is 7. The number of nitrogens with one attached hydrogen (secondary N) is 1. The van der Waals surface area contributed by atoms with E-state index < -0.39 is 60.5 Å². The van der Waals surface area contributed by atoms with Crippen LogP contribution in [0.15, 0.2) is 91.0 Å². The number of aliphatic hydroxyl groups is 1. The van der Waals surface area contributed by atoms with E-state index in [4.69, 9.17) is 18.9 Å². The lowest BCUT2D eigenvalue weighted by atomic mass is 9.92. The Bertz CT molecular complexity index is 1280. The second-order valence-electron chi connectivity index (χ2n) is 11.7. The van der Waals surface area contributed by atoms with Crippen LogP contribution in [0.5, 0.6) is 0 Å². The van der Waals surface area contributed by atoms with Gasteiger partial charge in [-0.05, 0) is 37.5 Å². The van der Waals surface area contributed by atoms with Crippen LogP contribution < -0.4 is 5.32 Å². The van der Waals surface area contributed by atoms with E-state index in [1.807, 2.05) is 91.0 Å². The zero-order chi connectivity index (χ0) is 30.8. The van der Waals surface area contributed by atoms with Crippen LogP contribution in [-0.4, -0.2) is 58.3 Å². The number of carboxylic acids is 1. The average molecular weight is 592 g/mol. The Morgan fingerprint density at radius 1 is 0.721 bits per heavy atom. The summed E-state index contributed by atoms with van der Waals surface area (Å²) < 4.78 is 25.0. The van der Waals surface area contributed by atoms with Gasteiger partial charge in [0.25, 0.3) is 0 Å². The number of amides is 1. The van der Waals surface area contributed by atoms with Gasteiger partial charge in [0.15, 0.2) is 0 Å². The van der Waals surface area contributed by atoms with E-state index in [2.05, 4.69) is 5.32 Å². The lowest BCUT2D eigenvalue weighted by Gasteiger charge is -2.31. The molecule has 1 aliphatic carbocycles. The third-order valence-corrected chi connectivity index (χ3v) is 7.16. The van der Waals surface area contributed by atoms with Gasteiger partial charge in [-0.2, -0.15) is 0 Å². The molecule has 0 aromatic heterocycles. The first kappa shape index (κ1) is 32.2. The molecule has 1 unspecified atom stereocenters. The minimum absolute atomic E-state index is 0.178. The van der Waals surface area contributed by atoms with Gasteiger partial charge in [-0.15, -0.1) is 0 Å². The van der Waals surface area contributed by atoms with Crippen molar-refractivity contribution in [2.45, 2.75) is 83.1 Å². The summed E-state index contributed by atoms with van der Waals surface area (Å²) in [5.41, 5.74) is 1.92. The number of aliphatic hydroxyl groups excluding tert-OH is 1. The summed E-state index contributed by atoms with van der Waals surface area (Å²) in [5.74, 6) is -2.07. The number of ether oxygens (including phenoxy) is 4. The predicted molar refractivity (Wildman–Crippen MR) is 160 cm³/mol. The summed E-state index contributed by atoms with van der Waals surface area (Å²) >= 11 is 0. The van der Waals surface area contributed by atoms with Gasteiger partial charge in [0.05, 0.1) is 44.5 Å². The standard InChI is InChI=1S/C34H41NO8/c1-34(2,3)43-33(39)35-29-28(26(36)19-27(37)38)30(40-20-23-13-7-4-8-14-23)32(42-22-25-17-11-6-12-18-25)31(29)41-21-24-15-9-5-10-16-24/h4-18,26,28-32,36H,19-22H2,1-3H3,(H,35,39)(H,37,38)/t26?,28-,29-,30+,31+,32-/m0/s1. The first-order chi connectivity index (χ1) is 20.6. The first-order valence-corrected chi connectivity index (χ1v) is 14.5. The van der Waals surface area contributed by atoms with E-state index >= 15 is 0 Å². The van der Waals surface area contributed by atoms with Crippen molar-refractivity contribution in [3.05, 3.63) is 108 Å². The highest BCUT2D eigenvalue weighted by atomic mass is 16.6. The molecular weight excluding hydrogens is 550 g/mol. The van der Waals surface area contributed by atoms with Crippen LogP contribution >= 0.6 is 0 Å². The summed E-state index contributed by atoms with van der Waals surface area (Å²) in [4.78, 5) is 24.9. The van der Waals surface area contributed by atoms with Crippen LogP contribution in [0.1, 0.15) is 43.9 Å². The fourth-order valence-corrected chi connectivity index (χ4v) is 5.32. The lowest BCUT2D eigenvalue weighted by Crippen LogP contribution is -2.51. The van der Waals surface area contributed by atoms with Crippen LogP contribution in [0.4, 0.5) is 4.79 Å². The molecule has 4 rings (SSSR count). The van der Waals surface area contributed by atoms with E-state index in [1.54, 1.807) is 20.8 Å². The summed E-state index contributed by atoms with van der Waals surface area (Å²) in [6.45, 7) is 5.83. The maximum Gasteiger partial charge on any atom is 0.407 e. The van der Waals surface area contributed by atoms with E-state index in [0.29, 0.717) is 0 Å². The Morgan fingerprint density at radius 2 is 1.14 bits per heavy atom. The number of benzene rings is 3. The van der Waals surface area contributed by atoms with Crippen LogP contribution in [0.2, 0.25) is 0 Å². The minimum Gasteiger partial charge on any atom is -0.481 e. The van der Waals surface area contributed by atoms with Crippen LogP contribution in [0, 0.1) is 5.92 Å². The third-order valence-electron chi connectivity index (χ3n) is 7.16. The summed E-state index contributed by atoms with van der Waals surface area (Å²) in [6, 6.07) is 27.8. The van der Waals surface area contributed by atoms with Gasteiger partial charge in [0.1, 0.15) is 17.8 Å². The number of carbonyl (C=O) groups is 2. The molecule has 1 saturated carbocycles.